The van der Waals surface area contributed by atoms with Crippen LogP contribution in [0.5, 0.6) is 5.75 Å². The van der Waals surface area contributed by atoms with E-state index >= 15 is 0 Å². The second kappa shape index (κ2) is 8.16. The van der Waals surface area contributed by atoms with Crippen LogP contribution in [0.4, 0.5) is 11.5 Å². The number of carbonyl (C=O) groups is 1. The van der Waals surface area contributed by atoms with Gasteiger partial charge in [-0.25, -0.2) is 4.98 Å². The molecule has 10 heteroatoms. The molecule has 0 radical (unpaired) electrons. The highest BCUT2D eigenvalue weighted by atomic mass is 127. The first-order valence-electron chi connectivity index (χ1n) is 6.89. The molecular formula is C15H13IN4O4S. The van der Waals surface area contributed by atoms with Crippen LogP contribution in [0.15, 0.2) is 30.3 Å². The summed E-state index contributed by atoms with van der Waals surface area (Å²) >= 11 is 7.24. The van der Waals surface area contributed by atoms with E-state index in [0.717, 1.165) is 15.3 Å². The molecule has 2 N–H and O–H groups in total. The van der Waals surface area contributed by atoms with E-state index in [0.29, 0.717) is 5.82 Å². The standard InChI is InChI=1S/C15H13IN4O4S/c1-8-10(16)4-6-13(17-8)18-15(25)19-14(21)9-3-5-12(24-2)11(7-9)20(22)23/h3-7H,1-2H3,(H2,17,18,19,21,25). The number of aromatic nitrogens is 1. The first kappa shape index (κ1) is 19.0. The number of methoxy groups -OCH3 is 1. The Kier molecular flexibility index (Phi) is 6.20. The molecule has 1 aromatic carbocycles. The molecule has 0 aliphatic carbocycles. The lowest BCUT2D eigenvalue weighted by Crippen LogP contribution is -2.34. The minimum absolute atomic E-state index is 0.0385. The average Bonchev–Trinajstić information content (AvgIpc) is 2.57. The molecule has 0 bridgehead atoms. The number of hydrogen-bond acceptors (Lipinski definition) is 6. The average molecular weight is 472 g/mol. The minimum atomic E-state index is -0.621. The van der Waals surface area contributed by atoms with Gasteiger partial charge in [0.1, 0.15) is 5.82 Å². The van der Waals surface area contributed by atoms with Crippen LogP contribution in [0.1, 0.15) is 16.1 Å². The molecule has 1 amide bonds. The SMILES string of the molecule is COc1ccc(C(=O)NC(=S)Nc2ccc(I)c(C)n2)cc1[N+](=O)[O-]. The largest absolute Gasteiger partial charge is 0.490 e. The molecule has 0 atom stereocenters. The highest BCUT2D eigenvalue weighted by Gasteiger charge is 2.18. The van der Waals surface area contributed by atoms with E-state index in [4.69, 9.17) is 17.0 Å². The molecule has 0 saturated heterocycles. The first-order chi connectivity index (χ1) is 11.8. The predicted octanol–water partition coefficient (Wildman–Crippen LogP) is 3.04. The van der Waals surface area contributed by atoms with E-state index in [9.17, 15) is 14.9 Å². The van der Waals surface area contributed by atoms with Crippen LogP contribution in [0.3, 0.4) is 0 Å². The van der Waals surface area contributed by atoms with Gasteiger partial charge in [0.15, 0.2) is 10.9 Å². The van der Waals surface area contributed by atoms with Gasteiger partial charge >= 0.3 is 5.69 Å². The summed E-state index contributed by atoms with van der Waals surface area (Å²) < 4.78 is 5.91. The Bertz CT molecular complexity index is 859. The number of rotatable bonds is 4. The van der Waals surface area contributed by atoms with Crippen molar-refractivity contribution in [1.29, 1.82) is 0 Å². The van der Waals surface area contributed by atoms with E-state index in [2.05, 4.69) is 38.2 Å². The quantitative estimate of drug-likeness (QED) is 0.305. The molecule has 130 valence electrons. The molecule has 0 fully saturated rings. The smallest absolute Gasteiger partial charge is 0.311 e. The molecule has 2 aromatic rings. The van der Waals surface area contributed by atoms with Gasteiger partial charge in [0, 0.05) is 15.2 Å². The zero-order valence-corrected chi connectivity index (χ0v) is 16.2. The monoisotopic (exact) mass is 472 g/mol. The normalized spacial score (nSPS) is 10.0. The van der Waals surface area contributed by atoms with E-state index in [1.807, 2.05) is 13.0 Å². The minimum Gasteiger partial charge on any atom is -0.490 e. The molecule has 2 rings (SSSR count). The molecule has 0 saturated carbocycles. The van der Waals surface area contributed by atoms with E-state index in [1.54, 1.807) is 6.07 Å². The summed E-state index contributed by atoms with van der Waals surface area (Å²) in [7, 11) is 1.32. The van der Waals surface area contributed by atoms with Crippen molar-refractivity contribution in [3.05, 3.63) is 55.3 Å². The van der Waals surface area contributed by atoms with Crippen LogP contribution in [0.25, 0.3) is 0 Å². The summed E-state index contributed by atoms with van der Waals surface area (Å²) in [5, 5.41) is 16.3. The van der Waals surface area contributed by atoms with Crippen LogP contribution in [-0.4, -0.2) is 28.0 Å². The summed E-state index contributed by atoms with van der Waals surface area (Å²) in [5.41, 5.74) is 0.609. The number of amides is 1. The van der Waals surface area contributed by atoms with Crippen molar-refractivity contribution in [1.82, 2.24) is 10.3 Å². The number of nitro benzene ring substituents is 1. The summed E-state index contributed by atoms with van der Waals surface area (Å²) in [6.45, 7) is 1.85. The van der Waals surface area contributed by atoms with Crippen molar-refractivity contribution < 1.29 is 14.5 Å². The van der Waals surface area contributed by atoms with Gasteiger partial charge in [0.25, 0.3) is 5.91 Å². The summed E-state index contributed by atoms with van der Waals surface area (Å²) in [6.07, 6.45) is 0. The number of nitrogens with zero attached hydrogens (tertiary/aromatic N) is 2. The van der Waals surface area contributed by atoms with Crippen molar-refractivity contribution in [3.63, 3.8) is 0 Å². The van der Waals surface area contributed by atoms with Gasteiger partial charge in [-0.05, 0) is 66.0 Å². The number of anilines is 1. The number of benzene rings is 1. The van der Waals surface area contributed by atoms with Crippen LogP contribution < -0.4 is 15.4 Å². The number of pyridine rings is 1. The van der Waals surface area contributed by atoms with Gasteiger partial charge < -0.3 is 10.1 Å². The number of nitro groups is 1. The molecule has 25 heavy (non-hydrogen) atoms. The highest BCUT2D eigenvalue weighted by molar-refractivity contribution is 14.1. The second-order valence-corrected chi connectivity index (χ2v) is 6.39. The number of hydrogen-bond donors (Lipinski definition) is 2. The fourth-order valence-electron chi connectivity index (χ4n) is 1.91. The third-order valence-corrected chi connectivity index (χ3v) is 4.47. The summed E-state index contributed by atoms with van der Waals surface area (Å²) in [5.74, 6) is -0.0183. The maximum Gasteiger partial charge on any atom is 0.311 e. The van der Waals surface area contributed by atoms with E-state index in [1.165, 1.54) is 19.2 Å². The predicted molar refractivity (Wildman–Crippen MR) is 105 cm³/mol. The second-order valence-electron chi connectivity index (χ2n) is 4.82. The topological polar surface area (TPSA) is 106 Å². The van der Waals surface area contributed by atoms with Crippen LogP contribution in [-0.2, 0) is 0 Å². The van der Waals surface area contributed by atoms with Gasteiger partial charge in [-0.2, -0.15) is 0 Å². The van der Waals surface area contributed by atoms with Gasteiger partial charge in [-0.15, -0.1) is 0 Å². The maximum absolute atomic E-state index is 12.2. The molecule has 0 aliphatic heterocycles. The summed E-state index contributed by atoms with van der Waals surface area (Å²) in [6, 6.07) is 7.49. The number of aryl methyl sites for hydroxylation is 1. The lowest BCUT2D eigenvalue weighted by Gasteiger charge is -2.10. The summed E-state index contributed by atoms with van der Waals surface area (Å²) in [4.78, 5) is 26.9. The Morgan fingerprint density at radius 3 is 2.68 bits per heavy atom. The van der Waals surface area contributed by atoms with Crippen LogP contribution in [0.2, 0.25) is 0 Å². The zero-order valence-electron chi connectivity index (χ0n) is 13.2. The molecule has 0 unspecified atom stereocenters. The van der Waals surface area contributed by atoms with Crippen molar-refractivity contribution in [2.75, 3.05) is 12.4 Å². The fourth-order valence-corrected chi connectivity index (χ4v) is 2.41. The Hall–Kier alpha value is -2.34. The lowest BCUT2D eigenvalue weighted by molar-refractivity contribution is -0.385. The van der Waals surface area contributed by atoms with Crippen molar-refractivity contribution in [2.45, 2.75) is 6.92 Å². The van der Waals surface area contributed by atoms with E-state index < -0.39 is 10.8 Å². The first-order valence-corrected chi connectivity index (χ1v) is 8.38. The molecule has 8 nitrogen and oxygen atoms in total. The molecule has 1 heterocycles. The maximum atomic E-state index is 12.2. The number of ether oxygens (including phenoxy) is 1. The Morgan fingerprint density at radius 2 is 2.08 bits per heavy atom. The van der Waals surface area contributed by atoms with Gasteiger partial charge in [-0.1, -0.05) is 0 Å². The van der Waals surface area contributed by atoms with Gasteiger partial charge in [-0.3, -0.25) is 20.2 Å². The number of carbonyl (C=O) groups excluding carboxylic acids is 1. The number of halogens is 1. The van der Waals surface area contributed by atoms with Crippen molar-refractivity contribution in [2.24, 2.45) is 0 Å². The van der Waals surface area contributed by atoms with Crippen molar-refractivity contribution >= 4 is 57.3 Å². The van der Waals surface area contributed by atoms with Gasteiger partial charge in [0.2, 0.25) is 0 Å². The molecule has 0 aliphatic rings. The van der Waals surface area contributed by atoms with Crippen LogP contribution in [0, 0.1) is 20.6 Å². The molecule has 1 aromatic heterocycles. The third kappa shape index (κ3) is 4.82. The number of nitrogens with one attached hydrogen (secondary N) is 2. The van der Waals surface area contributed by atoms with E-state index in [-0.39, 0.29) is 22.1 Å². The third-order valence-electron chi connectivity index (χ3n) is 3.13. The van der Waals surface area contributed by atoms with Gasteiger partial charge in [0.05, 0.1) is 17.7 Å². The Labute approximate surface area is 162 Å². The van der Waals surface area contributed by atoms with Crippen molar-refractivity contribution in [3.8, 4) is 5.75 Å². The highest BCUT2D eigenvalue weighted by Crippen LogP contribution is 2.27. The fraction of sp³-hybridized carbons (Fsp3) is 0.133. The molecular weight excluding hydrogens is 459 g/mol. The molecule has 0 spiro atoms. The lowest BCUT2D eigenvalue weighted by atomic mass is 10.2. The Balaban J connectivity index is 2.10. The number of thiocarbonyl (C=S) groups is 1. The van der Waals surface area contributed by atoms with Crippen LogP contribution >= 0.6 is 34.8 Å². The Morgan fingerprint density at radius 1 is 1.36 bits per heavy atom. The zero-order chi connectivity index (χ0) is 18.6.